The monoisotopic (exact) mass is 302 g/mol. The summed E-state index contributed by atoms with van der Waals surface area (Å²) >= 11 is 3.50. The van der Waals surface area contributed by atoms with E-state index in [2.05, 4.69) is 21.0 Å². The summed E-state index contributed by atoms with van der Waals surface area (Å²) in [6, 6.07) is 0. The lowest BCUT2D eigenvalue weighted by Gasteiger charge is -2.22. The third-order valence-electron chi connectivity index (χ3n) is 3.01. The van der Waals surface area contributed by atoms with E-state index in [0.29, 0.717) is 0 Å². The molecule has 2 rings (SSSR count). The van der Waals surface area contributed by atoms with Gasteiger partial charge in [0.25, 0.3) is 0 Å². The molecule has 0 N–H and O–H groups in total. The quantitative estimate of drug-likeness (QED) is 0.785. The molecule has 0 spiro atoms. The van der Waals surface area contributed by atoms with E-state index in [1.807, 2.05) is 17.9 Å². The van der Waals surface area contributed by atoms with Gasteiger partial charge in [0.05, 0.1) is 23.0 Å². The first-order valence-corrected chi connectivity index (χ1v) is 6.96. The molecule has 0 radical (unpaired) electrons. The molecular formula is C12H19BrN2O2. The van der Waals surface area contributed by atoms with E-state index in [0.717, 1.165) is 36.9 Å². The fraction of sp³-hybridized carbons (Fsp3) is 0.750. The Bertz CT molecular complexity index is 329. The maximum absolute atomic E-state index is 5.69. The van der Waals surface area contributed by atoms with Crippen LogP contribution in [-0.2, 0) is 22.9 Å². The van der Waals surface area contributed by atoms with Crippen LogP contribution in [0.25, 0.3) is 0 Å². The molecule has 4 nitrogen and oxygen atoms in total. The predicted molar refractivity (Wildman–Crippen MR) is 68.8 cm³/mol. The van der Waals surface area contributed by atoms with E-state index in [1.165, 1.54) is 18.5 Å². The highest BCUT2D eigenvalue weighted by atomic mass is 79.9. The number of hydrogen-bond donors (Lipinski definition) is 0. The van der Waals surface area contributed by atoms with E-state index in [1.54, 1.807) is 0 Å². The molecule has 96 valence electrons. The molecule has 0 saturated carbocycles. The van der Waals surface area contributed by atoms with Crippen LogP contribution in [0.15, 0.2) is 10.7 Å². The van der Waals surface area contributed by atoms with Gasteiger partial charge in [-0.1, -0.05) is 0 Å². The fourth-order valence-corrected chi connectivity index (χ4v) is 2.56. The van der Waals surface area contributed by atoms with E-state index in [4.69, 9.17) is 9.47 Å². The van der Waals surface area contributed by atoms with E-state index in [9.17, 15) is 0 Å². The molecule has 1 aliphatic rings. The number of aromatic nitrogens is 2. The minimum atomic E-state index is 0.0266. The van der Waals surface area contributed by atoms with Gasteiger partial charge in [0.1, 0.15) is 0 Å². The molecule has 17 heavy (non-hydrogen) atoms. The van der Waals surface area contributed by atoms with Crippen molar-refractivity contribution in [2.24, 2.45) is 7.05 Å². The van der Waals surface area contributed by atoms with E-state index < -0.39 is 0 Å². The Kier molecular flexibility index (Phi) is 5.00. The Morgan fingerprint density at radius 3 is 3.12 bits per heavy atom. The van der Waals surface area contributed by atoms with Crippen LogP contribution in [0, 0.1) is 0 Å². The standard InChI is InChI=1S/C12H19BrN2O2/c1-15-11(10(13)9-14-15)5-4-8-17-12-6-2-3-7-16-12/h9,12H,2-8H2,1H3. The first kappa shape index (κ1) is 13.1. The van der Waals surface area contributed by atoms with E-state index >= 15 is 0 Å². The first-order valence-electron chi connectivity index (χ1n) is 6.17. The van der Waals surface area contributed by atoms with Gasteiger partial charge in [-0.2, -0.15) is 5.10 Å². The van der Waals surface area contributed by atoms with Crippen molar-refractivity contribution in [3.05, 3.63) is 16.4 Å². The minimum absolute atomic E-state index is 0.0266. The first-order chi connectivity index (χ1) is 8.27. The van der Waals surface area contributed by atoms with Gasteiger partial charge in [0, 0.05) is 13.7 Å². The molecule has 5 heteroatoms. The summed E-state index contributed by atoms with van der Waals surface area (Å²) < 4.78 is 14.2. The van der Waals surface area contributed by atoms with Crippen molar-refractivity contribution in [3.63, 3.8) is 0 Å². The summed E-state index contributed by atoms with van der Waals surface area (Å²) in [5.41, 5.74) is 1.22. The number of halogens is 1. The average molecular weight is 303 g/mol. The van der Waals surface area contributed by atoms with Crippen molar-refractivity contribution in [1.82, 2.24) is 9.78 Å². The Balaban J connectivity index is 1.66. The predicted octanol–water partition coefficient (Wildman–Crippen LogP) is 2.66. The highest BCUT2D eigenvalue weighted by Gasteiger charge is 2.13. The maximum Gasteiger partial charge on any atom is 0.157 e. The normalized spacial score (nSPS) is 20.7. The molecule has 1 aliphatic heterocycles. The Labute approximate surface area is 110 Å². The summed E-state index contributed by atoms with van der Waals surface area (Å²) in [4.78, 5) is 0. The molecular weight excluding hydrogens is 284 g/mol. The van der Waals surface area contributed by atoms with Crippen molar-refractivity contribution in [2.45, 2.75) is 38.4 Å². The molecule has 2 heterocycles. The molecule has 1 unspecified atom stereocenters. The zero-order valence-electron chi connectivity index (χ0n) is 10.2. The van der Waals surface area contributed by atoms with Crippen LogP contribution in [0.3, 0.4) is 0 Å². The second-order valence-corrected chi connectivity index (χ2v) is 5.19. The van der Waals surface area contributed by atoms with Gasteiger partial charge in [-0.25, -0.2) is 0 Å². The molecule has 0 amide bonds. The van der Waals surface area contributed by atoms with Gasteiger partial charge in [-0.05, 0) is 48.0 Å². The maximum atomic E-state index is 5.69. The second kappa shape index (κ2) is 6.52. The topological polar surface area (TPSA) is 36.3 Å². The lowest BCUT2D eigenvalue weighted by Crippen LogP contribution is -2.22. The Morgan fingerprint density at radius 1 is 1.59 bits per heavy atom. The van der Waals surface area contributed by atoms with Crippen molar-refractivity contribution in [2.75, 3.05) is 13.2 Å². The van der Waals surface area contributed by atoms with Gasteiger partial charge in [-0.3, -0.25) is 4.68 Å². The van der Waals surface area contributed by atoms with Crippen molar-refractivity contribution in [3.8, 4) is 0 Å². The van der Waals surface area contributed by atoms with Crippen LogP contribution in [0.5, 0.6) is 0 Å². The summed E-state index contributed by atoms with van der Waals surface area (Å²) in [5, 5.41) is 4.19. The average Bonchev–Trinajstić information content (AvgIpc) is 2.67. The number of hydrogen-bond acceptors (Lipinski definition) is 3. The van der Waals surface area contributed by atoms with Gasteiger partial charge < -0.3 is 9.47 Å². The minimum Gasteiger partial charge on any atom is -0.353 e. The summed E-state index contributed by atoms with van der Waals surface area (Å²) in [6.45, 7) is 1.60. The highest BCUT2D eigenvalue weighted by molar-refractivity contribution is 9.10. The fourth-order valence-electron chi connectivity index (χ4n) is 2.01. The molecule has 1 aromatic heterocycles. The largest absolute Gasteiger partial charge is 0.353 e. The van der Waals surface area contributed by atoms with Gasteiger partial charge in [0.15, 0.2) is 6.29 Å². The summed E-state index contributed by atoms with van der Waals surface area (Å²) in [7, 11) is 1.96. The molecule has 1 saturated heterocycles. The van der Waals surface area contributed by atoms with Crippen molar-refractivity contribution < 1.29 is 9.47 Å². The highest BCUT2D eigenvalue weighted by Crippen LogP contribution is 2.17. The number of rotatable bonds is 5. The zero-order chi connectivity index (χ0) is 12.1. The third kappa shape index (κ3) is 3.79. The van der Waals surface area contributed by atoms with Crippen LogP contribution in [0.4, 0.5) is 0 Å². The summed E-state index contributed by atoms with van der Waals surface area (Å²) in [6.07, 6.45) is 7.26. The number of ether oxygens (including phenoxy) is 2. The summed E-state index contributed by atoms with van der Waals surface area (Å²) in [5.74, 6) is 0. The second-order valence-electron chi connectivity index (χ2n) is 4.33. The smallest absolute Gasteiger partial charge is 0.157 e. The Morgan fingerprint density at radius 2 is 2.47 bits per heavy atom. The van der Waals surface area contributed by atoms with Gasteiger partial charge in [0.2, 0.25) is 0 Å². The molecule has 0 aliphatic carbocycles. The molecule has 0 aromatic carbocycles. The van der Waals surface area contributed by atoms with Gasteiger partial charge in [-0.15, -0.1) is 0 Å². The van der Waals surface area contributed by atoms with Crippen molar-refractivity contribution in [1.29, 1.82) is 0 Å². The molecule has 1 atom stereocenters. The molecule has 1 aromatic rings. The zero-order valence-corrected chi connectivity index (χ0v) is 11.8. The van der Waals surface area contributed by atoms with E-state index in [-0.39, 0.29) is 6.29 Å². The van der Waals surface area contributed by atoms with Crippen LogP contribution < -0.4 is 0 Å². The van der Waals surface area contributed by atoms with Gasteiger partial charge >= 0.3 is 0 Å². The van der Waals surface area contributed by atoms with Crippen LogP contribution in [-0.4, -0.2) is 29.3 Å². The lowest BCUT2D eigenvalue weighted by molar-refractivity contribution is -0.162. The molecule has 1 fully saturated rings. The van der Waals surface area contributed by atoms with Crippen LogP contribution >= 0.6 is 15.9 Å². The number of nitrogens with zero attached hydrogens (tertiary/aromatic N) is 2. The lowest BCUT2D eigenvalue weighted by atomic mass is 10.2. The molecule has 0 bridgehead atoms. The van der Waals surface area contributed by atoms with Crippen molar-refractivity contribution >= 4 is 15.9 Å². The Hall–Kier alpha value is -0.390. The van der Waals surface area contributed by atoms with Crippen LogP contribution in [0.1, 0.15) is 31.4 Å². The van der Waals surface area contributed by atoms with Crippen LogP contribution in [0.2, 0.25) is 0 Å². The third-order valence-corrected chi connectivity index (χ3v) is 3.67. The SMILES string of the molecule is Cn1ncc(Br)c1CCCOC1CCCCO1. The number of aryl methyl sites for hydroxylation is 1.